The van der Waals surface area contributed by atoms with Crippen molar-refractivity contribution >= 4 is 10.0 Å². The number of sulfonamides is 1. The van der Waals surface area contributed by atoms with Crippen LogP contribution in [0.15, 0.2) is 41.6 Å². The van der Waals surface area contributed by atoms with Gasteiger partial charge >= 0.3 is 0 Å². The second kappa shape index (κ2) is 8.85. The molecule has 1 unspecified atom stereocenters. The lowest BCUT2D eigenvalue weighted by Crippen LogP contribution is -2.46. The molecular formula is C20H28N4O6S. The summed E-state index contributed by atoms with van der Waals surface area (Å²) in [6, 6.07) is 6.31. The Kier molecular flexibility index (Phi) is 6.33. The Hall–Kier alpha value is -2.02. The van der Waals surface area contributed by atoms with E-state index in [1.807, 2.05) is 4.90 Å². The van der Waals surface area contributed by atoms with Gasteiger partial charge in [0.25, 0.3) is 0 Å². The Labute approximate surface area is 180 Å². The molecule has 2 heterocycles. The third-order valence-corrected chi connectivity index (χ3v) is 7.33. The number of hydrogen-bond donors (Lipinski definition) is 5. The van der Waals surface area contributed by atoms with E-state index in [9.17, 15) is 23.7 Å². The number of rotatable bonds is 2. The average Bonchev–Trinajstić information content (AvgIpc) is 3.32. The van der Waals surface area contributed by atoms with E-state index in [1.54, 1.807) is 30.6 Å². The molecule has 1 aliphatic carbocycles. The summed E-state index contributed by atoms with van der Waals surface area (Å²) in [6.45, 7) is 0.940. The molecule has 4 rings (SSSR count). The zero-order valence-corrected chi connectivity index (χ0v) is 17.8. The Balaban J connectivity index is 1.68. The summed E-state index contributed by atoms with van der Waals surface area (Å²) >= 11 is 0. The van der Waals surface area contributed by atoms with Gasteiger partial charge in [0.1, 0.15) is 16.5 Å². The third kappa shape index (κ3) is 5.08. The van der Waals surface area contributed by atoms with E-state index in [4.69, 9.17) is 4.74 Å². The zero-order chi connectivity index (χ0) is 22.1. The molecule has 1 spiro atoms. The predicted molar refractivity (Wildman–Crippen MR) is 111 cm³/mol. The van der Waals surface area contributed by atoms with Crippen LogP contribution in [-0.2, 0) is 16.6 Å². The van der Waals surface area contributed by atoms with Gasteiger partial charge in [0.15, 0.2) is 0 Å². The maximum absolute atomic E-state index is 12.8. The van der Waals surface area contributed by atoms with Gasteiger partial charge in [-0.2, -0.15) is 0 Å². The summed E-state index contributed by atoms with van der Waals surface area (Å²) in [4.78, 5) is 9.21. The highest BCUT2D eigenvalue weighted by molar-refractivity contribution is 7.89. The number of H-pyrrole nitrogens is 1. The van der Waals surface area contributed by atoms with E-state index < -0.39 is 33.8 Å². The molecule has 2 aromatic rings. The first-order valence-electron chi connectivity index (χ1n) is 10.2. The first kappa shape index (κ1) is 22.2. The van der Waals surface area contributed by atoms with Gasteiger partial charge in [-0.3, -0.25) is 4.90 Å². The highest BCUT2D eigenvalue weighted by atomic mass is 32.2. The summed E-state index contributed by atoms with van der Waals surface area (Å²) in [5.74, 6) is 0.887. The molecule has 1 fully saturated rings. The molecule has 1 aromatic carbocycles. The molecule has 2 aliphatic rings. The molecule has 0 radical (unpaired) electrons. The summed E-state index contributed by atoms with van der Waals surface area (Å²) in [5.41, 5.74) is -0.630. The van der Waals surface area contributed by atoms with Crippen molar-refractivity contribution in [2.75, 3.05) is 26.2 Å². The molecule has 0 amide bonds. The highest BCUT2D eigenvalue weighted by Crippen LogP contribution is 2.41. The van der Waals surface area contributed by atoms with Crippen molar-refractivity contribution < 1.29 is 28.5 Å². The van der Waals surface area contributed by atoms with Crippen molar-refractivity contribution in [1.82, 2.24) is 19.6 Å². The standard InChI is InChI=1S/C20H28N4O6S/c25-14-9-23-31(28,29)18-4-2-1-3-17(18)30-13-20(7-15(26)16(27)8-20)12-24(10-14)11-19-21-5-6-22-19/h1-6,14-16,23,25-27H,7-13H2,(H,21,22)/t14-,15-,16+,20?/m0/s1. The molecule has 1 aromatic heterocycles. The van der Waals surface area contributed by atoms with Crippen molar-refractivity contribution in [3.63, 3.8) is 0 Å². The molecule has 5 N–H and O–H groups in total. The van der Waals surface area contributed by atoms with Gasteiger partial charge in [-0.1, -0.05) is 12.1 Å². The van der Waals surface area contributed by atoms with E-state index in [1.165, 1.54) is 6.07 Å². The number of para-hydroxylation sites is 1. The Bertz CT molecular complexity index is 973. The van der Waals surface area contributed by atoms with Crippen LogP contribution in [0.25, 0.3) is 0 Å². The number of nitrogens with one attached hydrogen (secondary N) is 2. The summed E-state index contributed by atoms with van der Waals surface area (Å²) in [5, 5.41) is 31.1. The van der Waals surface area contributed by atoms with Crippen LogP contribution in [0.1, 0.15) is 18.7 Å². The van der Waals surface area contributed by atoms with Gasteiger partial charge in [-0.15, -0.1) is 0 Å². The number of aromatic amines is 1. The Morgan fingerprint density at radius 3 is 2.65 bits per heavy atom. The Morgan fingerprint density at radius 2 is 1.94 bits per heavy atom. The zero-order valence-electron chi connectivity index (χ0n) is 17.0. The predicted octanol–water partition coefficient (Wildman–Crippen LogP) is -0.554. The molecule has 1 saturated carbocycles. The van der Waals surface area contributed by atoms with Crippen LogP contribution in [0.5, 0.6) is 5.75 Å². The fourth-order valence-corrected chi connectivity index (χ4v) is 5.68. The van der Waals surface area contributed by atoms with Crippen molar-refractivity contribution in [2.24, 2.45) is 5.41 Å². The Morgan fingerprint density at radius 1 is 1.19 bits per heavy atom. The molecule has 0 saturated heterocycles. The fourth-order valence-electron chi connectivity index (χ4n) is 4.46. The van der Waals surface area contributed by atoms with E-state index in [-0.39, 0.29) is 30.3 Å². The summed E-state index contributed by atoms with van der Waals surface area (Å²) in [7, 11) is -3.90. The minimum atomic E-state index is -3.90. The number of imidazole rings is 1. The van der Waals surface area contributed by atoms with Gasteiger partial charge in [-0.05, 0) is 25.0 Å². The lowest BCUT2D eigenvalue weighted by atomic mass is 9.86. The summed E-state index contributed by atoms with van der Waals surface area (Å²) in [6.07, 6.45) is 1.17. The smallest absolute Gasteiger partial charge is 0.244 e. The van der Waals surface area contributed by atoms with Gasteiger partial charge in [0.2, 0.25) is 10.0 Å². The number of aliphatic hydroxyl groups is 3. The maximum atomic E-state index is 12.8. The van der Waals surface area contributed by atoms with E-state index in [0.29, 0.717) is 31.8 Å². The molecule has 4 atom stereocenters. The topological polar surface area (TPSA) is 148 Å². The number of ether oxygens (including phenoxy) is 1. The van der Waals surface area contributed by atoms with Crippen molar-refractivity contribution in [2.45, 2.75) is 42.6 Å². The molecule has 1 aliphatic heterocycles. The monoisotopic (exact) mass is 452 g/mol. The number of fused-ring (bicyclic) bond motifs is 1. The van der Waals surface area contributed by atoms with Crippen LogP contribution in [0.4, 0.5) is 0 Å². The second-order valence-corrected chi connectivity index (χ2v) is 10.2. The first-order valence-corrected chi connectivity index (χ1v) is 11.7. The normalized spacial score (nSPS) is 32.0. The number of benzene rings is 1. The molecule has 10 nitrogen and oxygen atoms in total. The number of aliphatic hydroxyl groups excluding tert-OH is 3. The van der Waals surface area contributed by atoms with Crippen molar-refractivity contribution in [1.29, 1.82) is 0 Å². The average molecular weight is 453 g/mol. The van der Waals surface area contributed by atoms with Crippen LogP contribution in [-0.4, -0.2) is 83.2 Å². The first-order chi connectivity index (χ1) is 14.8. The molecular weight excluding hydrogens is 424 g/mol. The number of β-amino-alcohol motifs (C(OH)–C–C–N with tert-alkyl or cyclic N) is 1. The number of nitrogens with zero attached hydrogens (tertiary/aromatic N) is 2. The van der Waals surface area contributed by atoms with Crippen LogP contribution in [0, 0.1) is 5.41 Å². The molecule has 31 heavy (non-hydrogen) atoms. The molecule has 0 bridgehead atoms. The molecule has 11 heteroatoms. The lowest BCUT2D eigenvalue weighted by molar-refractivity contribution is 0.0417. The highest BCUT2D eigenvalue weighted by Gasteiger charge is 2.46. The maximum Gasteiger partial charge on any atom is 0.244 e. The van der Waals surface area contributed by atoms with Crippen molar-refractivity contribution in [3.8, 4) is 5.75 Å². The quantitative estimate of drug-likeness (QED) is 0.408. The largest absolute Gasteiger partial charge is 0.492 e. The van der Waals surface area contributed by atoms with Crippen LogP contribution in [0.3, 0.4) is 0 Å². The minimum absolute atomic E-state index is 0.00976. The van der Waals surface area contributed by atoms with Crippen LogP contribution < -0.4 is 9.46 Å². The minimum Gasteiger partial charge on any atom is -0.492 e. The fraction of sp³-hybridized carbons (Fsp3) is 0.550. The lowest BCUT2D eigenvalue weighted by Gasteiger charge is -2.36. The van der Waals surface area contributed by atoms with Gasteiger partial charge in [0.05, 0.1) is 31.5 Å². The second-order valence-electron chi connectivity index (χ2n) is 8.49. The third-order valence-electron chi connectivity index (χ3n) is 5.87. The summed E-state index contributed by atoms with van der Waals surface area (Å²) < 4.78 is 34.0. The van der Waals surface area contributed by atoms with Crippen LogP contribution in [0.2, 0.25) is 0 Å². The number of hydrogen-bond acceptors (Lipinski definition) is 8. The van der Waals surface area contributed by atoms with E-state index in [2.05, 4.69) is 14.7 Å². The molecule has 170 valence electrons. The number of aromatic nitrogens is 2. The van der Waals surface area contributed by atoms with E-state index >= 15 is 0 Å². The van der Waals surface area contributed by atoms with Gasteiger partial charge in [0, 0.05) is 37.4 Å². The van der Waals surface area contributed by atoms with Gasteiger partial charge in [-0.25, -0.2) is 18.1 Å². The van der Waals surface area contributed by atoms with E-state index in [0.717, 1.165) is 0 Å². The van der Waals surface area contributed by atoms with Gasteiger partial charge < -0.3 is 25.0 Å². The SMILES string of the molecule is O=S1(=O)NC[C@H](O)CN(Cc2ncc[nH]2)CC2(COc3ccccc31)C[C@@H](O)[C@@H](O)C2. The van der Waals surface area contributed by atoms with Crippen LogP contribution >= 0.6 is 0 Å². The van der Waals surface area contributed by atoms with Crippen molar-refractivity contribution in [3.05, 3.63) is 42.5 Å².